The molecule has 1 aromatic heterocycles. The molecular weight excluding hydrogens is 498 g/mol. The van der Waals surface area contributed by atoms with E-state index in [-0.39, 0.29) is 24.4 Å². The predicted molar refractivity (Wildman–Crippen MR) is 139 cm³/mol. The zero-order valence-electron chi connectivity index (χ0n) is 19.3. The van der Waals surface area contributed by atoms with E-state index >= 15 is 0 Å². The number of rotatable bonds is 9. The Morgan fingerprint density at radius 2 is 1.76 bits per heavy atom. The minimum absolute atomic E-state index is 0.0231. The summed E-state index contributed by atoms with van der Waals surface area (Å²) >= 11 is 5.08. The van der Waals surface area contributed by atoms with E-state index in [9.17, 15) is 9.59 Å². The first kappa shape index (κ1) is 25.0. The van der Waals surface area contributed by atoms with Gasteiger partial charge in [0, 0.05) is 28.1 Å². The third-order valence-corrected chi connectivity index (χ3v) is 6.65. The van der Waals surface area contributed by atoms with Crippen LogP contribution in [0.3, 0.4) is 0 Å². The molecular formula is C26H30BrN3O2S. The van der Waals surface area contributed by atoms with Crippen LogP contribution in [-0.2, 0) is 17.9 Å². The van der Waals surface area contributed by atoms with Crippen molar-refractivity contribution in [3.05, 3.63) is 86.5 Å². The van der Waals surface area contributed by atoms with Crippen molar-refractivity contribution in [3.8, 4) is 0 Å². The number of hydrogen-bond donors (Lipinski definition) is 1. The van der Waals surface area contributed by atoms with E-state index in [0.717, 1.165) is 14.9 Å². The summed E-state index contributed by atoms with van der Waals surface area (Å²) in [5.41, 5.74) is 2.93. The summed E-state index contributed by atoms with van der Waals surface area (Å²) in [6.45, 7) is 7.69. The SMILES string of the molecule is Cc1ccsc1CN(Cc1ccccc1)C(=O)CN(CC(C)C)C(=O)Nc1cccc(Br)c1. The second-order valence-corrected chi connectivity index (χ2v) is 10.4. The van der Waals surface area contributed by atoms with E-state index in [0.29, 0.717) is 25.3 Å². The van der Waals surface area contributed by atoms with Crippen molar-refractivity contribution >= 4 is 44.9 Å². The molecule has 1 heterocycles. The number of halogens is 1. The normalized spacial score (nSPS) is 10.8. The van der Waals surface area contributed by atoms with Crippen LogP contribution < -0.4 is 5.32 Å². The van der Waals surface area contributed by atoms with Crippen LogP contribution in [0.4, 0.5) is 10.5 Å². The minimum atomic E-state index is -0.276. The first-order chi connectivity index (χ1) is 15.8. The van der Waals surface area contributed by atoms with Crippen molar-refractivity contribution < 1.29 is 9.59 Å². The highest BCUT2D eigenvalue weighted by molar-refractivity contribution is 9.10. The standard InChI is InChI=1S/C26H30BrN3O2S/c1-19(2)15-30(26(32)28-23-11-7-10-22(27)14-23)18-25(31)29(16-21-8-5-4-6-9-21)17-24-20(3)12-13-33-24/h4-14,19H,15-18H2,1-3H3,(H,28,32). The molecule has 0 radical (unpaired) electrons. The molecule has 7 heteroatoms. The smallest absolute Gasteiger partial charge is 0.322 e. The molecule has 0 saturated heterocycles. The molecule has 174 valence electrons. The molecule has 0 aliphatic rings. The van der Waals surface area contributed by atoms with Crippen LogP contribution in [0, 0.1) is 12.8 Å². The van der Waals surface area contributed by atoms with E-state index < -0.39 is 0 Å². The van der Waals surface area contributed by atoms with Crippen molar-refractivity contribution in [1.29, 1.82) is 0 Å². The Morgan fingerprint density at radius 3 is 2.39 bits per heavy atom. The number of amides is 3. The molecule has 33 heavy (non-hydrogen) atoms. The molecule has 0 saturated carbocycles. The van der Waals surface area contributed by atoms with Gasteiger partial charge < -0.3 is 15.1 Å². The lowest BCUT2D eigenvalue weighted by Gasteiger charge is -2.29. The number of aryl methyl sites for hydroxylation is 1. The van der Waals surface area contributed by atoms with Gasteiger partial charge in [0.1, 0.15) is 6.54 Å². The lowest BCUT2D eigenvalue weighted by Crippen LogP contribution is -2.45. The Bertz CT molecular complexity index is 1070. The maximum absolute atomic E-state index is 13.5. The number of urea groups is 1. The summed E-state index contributed by atoms with van der Waals surface area (Å²) < 4.78 is 0.882. The molecule has 1 N–H and O–H groups in total. The van der Waals surface area contributed by atoms with E-state index in [4.69, 9.17) is 0 Å². The molecule has 0 aliphatic heterocycles. The average molecular weight is 529 g/mol. The Labute approximate surface area is 208 Å². The van der Waals surface area contributed by atoms with Crippen molar-refractivity contribution in [3.63, 3.8) is 0 Å². The molecule has 0 unspecified atom stereocenters. The number of hydrogen-bond acceptors (Lipinski definition) is 3. The number of carbonyl (C=O) groups is 2. The third-order valence-electron chi connectivity index (χ3n) is 5.15. The summed E-state index contributed by atoms with van der Waals surface area (Å²) in [4.78, 5) is 31.2. The largest absolute Gasteiger partial charge is 0.332 e. The highest BCUT2D eigenvalue weighted by Crippen LogP contribution is 2.20. The Hall–Kier alpha value is -2.64. The third kappa shape index (κ3) is 7.72. The van der Waals surface area contributed by atoms with E-state index in [1.807, 2.05) is 78.7 Å². The summed E-state index contributed by atoms with van der Waals surface area (Å²) in [5.74, 6) is 0.157. The average Bonchev–Trinajstić information content (AvgIpc) is 3.17. The van der Waals surface area contributed by atoms with Crippen LogP contribution in [-0.4, -0.2) is 34.8 Å². The van der Waals surface area contributed by atoms with E-state index in [1.54, 1.807) is 16.2 Å². The maximum atomic E-state index is 13.5. The molecule has 0 aliphatic carbocycles. The summed E-state index contributed by atoms with van der Waals surface area (Å²) in [6, 6.07) is 19.2. The highest BCUT2D eigenvalue weighted by atomic mass is 79.9. The lowest BCUT2D eigenvalue weighted by atomic mass is 10.2. The number of nitrogens with zero attached hydrogens (tertiary/aromatic N) is 2. The Kier molecular flexibility index (Phi) is 9.09. The molecule has 0 atom stereocenters. The lowest BCUT2D eigenvalue weighted by molar-refractivity contribution is -0.133. The first-order valence-corrected chi connectivity index (χ1v) is 12.6. The van der Waals surface area contributed by atoms with Gasteiger partial charge in [0.2, 0.25) is 5.91 Å². The van der Waals surface area contributed by atoms with Gasteiger partial charge in [-0.25, -0.2) is 4.79 Å². The van der Waals surface area contributed by atoms with Gasteiger partial charge in [0.15, 0.2) is 0 Å². The number of benzene rings is 2. The number of carbonyl (C=O) groups excluding carboxylic acids is 2. The van der Waals surface area contributed by atoms with Gasteiger partial charge in [0.25, 0.3) is 0 Å². The molecule has 0 spiro atoms. The number of anilines is 1. The molecule has 3 amide bonds. The molecule has 3 rings (SSSR count). The van der Waals surface area contributed by atoms with Crippen LogP contribution in [0.5, 0.6) is 0 Å². The molecule has 0 bridgehead atoms. The van der Waals surface area contributed by atoms with Crippen LogP contribution in [0.15, 0.2) is 70.5 Å². The first-order valence-electron chi connectivity index (χ1n) is 11.0. The Morgan fingerprint density at radius 1 is 1.00 bits per heavy atom. The second kappa shape index (κ2) is 12.0. The fraction of sp³-hybridized carbons (Fsp3) is 0.308. The monoisotopic (exact) mass is 527 g/mol. The van der Waals surface area contributed by atoms with Crippen molar-refractivity contribution in [2.45, 2.75) is 33.9 Å². The topological polar surface area (TPSA) is 52.7 Å². The fourth-order valence-corrected chi connectivity index (χ4v) is 4.79. The van der Waals surface area contributed by atoms with Gasteiger partial charge in [-0.2, -0.15) is 0 Å². The summed E-state index contributed by atoms with van der Waals surface area (Å²) in [6.07, 6.45) is 0. The van der Waals surface area contributed by atoms with Gasteiger partial charge in [-0.1, -0.05) is 66.2 Å². The second-order valence-electron chi connectivity index (χ2n) is 8.48. The van der Waals surface area contributed by atoms with Crippen molar-refractivity contribution in [1.82, 2.24) is 9.80 Å². The zero-order chi connectivity index (χ0) is 23.8. The quantitative estimate of drug-likeness (QED) is 0.343. The van der Waals surface area contributed by atoms with Crippen molar-refractivity contribution in [2.75, 3.05) is 18.4 Å². The molecule has 5 nitrogen and oxygen atoms in total. The van der Waals surface area contributed by atoms with Crippen molar-refractivity contribution in [2.24, 2.45) is 5.92 Å². The molecule has 3 aromatic rings. The van der Waals surface area contributed by atoms with E-state index in [1.165, 1.54) is 5.56 Å². The number of nitrogens with one attached hydrogen (secondary N) is 1. The number of thiophene rings is 1. The summed E-state index contributed by atoms with van der Waals surface area (Å²) in [5, 5.41) is 4.97. The maximum Gasteiger partial charge on any atom is 0.322 e. The van der Waals surface area contributed by atoms with Crippen LogP contribution in [0.25, 0.3) is 0 Å². The minimum Gasteiger partial charge on any atom is -0.332 e. The molecule has 2 aromatic carbocycles. The van der Waals surface area contributed by atoms with Gasteiger partial charge >= 0.3 is 6.03 Å². The molecule has 0 fully saturated rings. The van der Waals surface area contributed by atoms with Crippen LogP contribution in [0.1, 0.15) is 29.9 Å². The van der Waals surface area contributed by atoms with Gasteiger partial charge in [-0.05, 0) is 53.6 Å². The zero-order valence-corrected chi connectivity index (χ0v) is 21.7. The van der Waals surface area contributed by atoms with E-state index in [2.05, 4.69) is 34.2 Å². The highest BCUT2D eigenvalue weighted by Gasteiger charge is 2.23. The van der Waals surface area contributed by atoms with Crippen LogP contribution in [0.2, 0.25) is 0 Å². The Balaban J connectivity index is 1.77. The predicted octanol–water partition coefficient (Wildman–Crippen LogP) is 6.54. The summed E-state index contributed by atoms with van der Waals surface area (Å²) in [7, 11) is 0. The van der Waals surface area contributed by atoms with Gasteiger partial charge in [0.05, 0.1) is 6.54 Å². The van der Waals surface area contributed by atoms with Gasteiger partial charge in [-0.3, -0.25) is 4.79 Å². The fourth-order valence-electron chi connectivity index (χ4n) is 3.47. The van der Waals surface area contributed by atoms with Crippen LogP contribution >= 0.6 is 27.3 Å². The van der Waals surface area contributed by atoms with Gasteiger partial charge in [-0.15, -0.1) is 11.3 Å².